The van der Waals surface area contributed by atoms with E-state index in [0.717, 1.165) is 6.07 Å². The molecule has 0 aliphatic carbocycles. The van der Waals surface area contributed by atoms with Crippen molar-refractivity contribution in [2.24, 2.45) is 0 Å². The molecule has 0 bridgehead atoms. The maximum atomic E-state index is 11.1. The van der Waals surface area contributed by atoms with Crippen molar-refractivity contribution in [3.05, 3.63) is 30.3 Å². The van der Waals surface area contributed by atoms with Gasteiger partial charge in [0.25, 0.3) is 0 Å². The van der Waals surface area contributed by atoms with Gasteiger partial charge in [-0.05, 0) is 11.5 Å². The van der Waals surface area contributed by atoms with Crippen molar-refractivity contribution >= 4 is 36.7 Å². The summed E-state index contributed by atoms with van der Waals surface area (Å²) in [5.74, 6) is 0. The van der Waals surface area contributed by atoms with Gasteiger partial charge in [-0.25, -0.2) is 16.8 Å². The Morgan fingerprint density at radius 1 is 0.905 bits per heavy atom. The van der Waals surface area contributed by atoms with E-state index in [4.69, 9.17) is 5.73 Å². The van der Waals surface area contributed by atoms with Crippen LogP contribution in [0.5, 0.6) is 0 Å². The van der Waals surface area contributed by atoms with E-state index in [1.54, 1.807) is 6.07 Å². The van der Waals surface area contributed by atoms with Crippen molar-refractivity contribution in [2.75, 3.05) is 5.73 Å². The van der Waals surface area contributed by atoms with Crippen LogP contribution in [0, 0.1) is 0 Å². The molecule has 21 heavy (non-hydrogen) atoms. The third-order valence-corrected chi connectivity index (χ3v) is 4.45. The van der Waals surface area contributed by atoms with Crippen LogP contribution in [0.1, 0.15) is 0 Å². The minimum Gasteiger partial charge on any atom is -0.744 e. The van der Waals surface area contributed by atoms with Crippen LogP contribution in [0.2, 0.25) is 0 Å². The van der Waals surface area contributed by atoms with Crippen molar-refractivity contribution in [1.82, 2.24) is 0 Å². The quantitative estimate of drug-likeness (QED) is 0.324. The van der Waals surface area contributed by atoms with Gasteiger partial charge in [0.15, 0.2) is 0 Å². The average Bonchev–Trinajstić information content (AvgIpc) is 2.26. The minimum absolute atomic E-state index is 0. The fourth-order valence-corrected chi connectivity index (χ4v) is 3.68. The summed E-state index contributed by atoms with van der Waals surface area (Å²) in [6.45, 7) is 0. The third kappa shape index (κ3) is 4.41. The normalized spacial score (nSPS) is 11.5. The smallest absolute Gasteiger partial charge is 0.744 e. The Morgan fingerprint density at radius 3 is 1.90 bits per heavy atom. The second-order valence-electron chi connectivity index (χ2n) is 3.75. The molecular weight excluding hydrogens is 340 g/mol. The number of rotatable bonds is 2. The fraction of sp³-hybridized carbons (Fsp3) is 0. The van der Waals surface area contributed by atoms with Gasteiger partial charge in [-0.15, -0.1) is 0 Å². The van der Waals surface area contributed by atoms with Crippen molar-refractivity contribution in [1.29, 1.82) is 0 Å². The molecule has 0 saturated heterocycles. The van der Waals surface area contributed by atoms with Gasteiger partial charge in [-0.2, -0.15) is 0 Å². The Bertz CT molecular complexity index is 880. The predicted molar refractivity (Wildman–Crippen MR) is 64.3 cm³/mol. The number of nitrogens with two attached hydrogens (primary N) is 1. The molecule has 2 aromatic carbocycles. The monoisotopic (exact) mass is 347 g/mol. The standard InChI is InChI=1S/C10H9NO6S2.2Na/c11-9-7-4-2-1-3-6(7)5-8(18(12,13)14)10(9)19(15,16)17;;/h1-5H,11H2,(H,12,13,14)(H,15,16,17);;/q;2*+1/p-2. The first-order valence-electron chi connectivity index (χ1n) is 4.85. The molecule has 0 spiro atoms. The van der Waals surface area contributed by atoms with E-state index in [-0.39, 0.29) is 69.9 Å². The van der Waals surface area contributed by atoms with Crippen molar-refractivity contribution in [2.45, 2.75) is 9.79 Å². The minimum atomic E-state index is -5.19. The van der Waals surface area contributed by atoms with Crippen LogP contribution in [-0.4, -0.2) is 25.9 Å². The molecule has 0 atom stereocenters. The first kappa shape index (κ1) is 21.3. The van der Waals surface area contributed by atoms with Crippen molar-refractivity contribution in [3.8, 4) is 0 Å². The second kappa shape index (κ2) is 7.26. The number of nitrogen functional groups attached to an aromatic ring is 1. The number of anilines is 1. The summed E-state index contributed by atoms with van der Waals surface area (Å²) in [6, 6.07) is 6.78. The van der Waals surface area contributed by atoms with Crippen LogP contribution >= 0.6 is 0 Å². The second-order valence-corrected chi connectivity index (χ2v) is 6.41. The molecular formula is C10H7NNa2O6S2. The fourth-order valence-electron chi connectivity index (χ4n) is 1.77. The SMILES string of the molecule is Nc1c(S(=O)(=O)[O-])c(S(=O)(=O)[O-])cc2ccccc12.[Na+].[Na+]. The van der Waals surface area contributed by atoms with Gasteiger partial charge in [0.2, 0.25) is 0 Å². The topological polar surface area (TPSA) is 140 Å². The summed E-state index contributed by atoms with van der Waals surface area (Å²) < 4.78 is 66.6. The molecule has 11 heteroatoms. The molecule has 2 N–H and O–H groups in total. The van der Waals surface area contributed by atoms with Gasteiger partial charge < -0.3 is 14.8 Å². The predicted octanol–water partition coefficient (Wildman–Crippen LogP) is -5.76. The molecule has 0 unspecified atom stereocenters. The number of hydrogen-bond donors (Lipinski definition) is 1. The Hall–Kier alpha value is 0.320. The van der Waals surface area contributed by atoms with Crippen LogP contribution in [-0.2, 0) is 20.2 Å². The van der Waals surface area contributed by atoms with Crippen molar-refractivity contribution < 1.29 is 85.1 Å². The average molecular weight is 347 g/mol. The summed E-state index contributed by atoms with van der Waals surface area (Å²) >= 11 is 0. The van der Waals surface area contributed by atoms with Gasteiger partial charge >= 0.3 is 59.1 Å². The van der Waals surface area contributed by atoms with Crippen LogP contribution in [0.4, 0.5) is 5.69 Å². The zero-order chi connectivity index (χ0) is 14.4. The van der Waals surface area contributed by atoms with Gasteiger partial charge in [0, 0.05) is 5.39 Å². The molecule has 0 fully saturated rings. The van der Waals surface area contributed by atoms with E-state index in [1.807, 2.05) is 0 Å². The van der Waals surface area contributed by atoms with E-state index in [0.29, 0.717) is 0 Å². The summed E-state index contributed by atoms with van der Waals surface area (Å²) in [5.41, 5.74) is 4.98. The molecule has 0 saturated carbocycles. The van der Waals surface area contributed by atoms with E-state index in [1.165, 1.54) is 18.2 Å². The molecule has 7 nitrogen and oxygen atoms in total. The molecule has 2 rings (SSSR count). The number of benzene rings is 2. The molecule has 102 valence electrons. The Morgan fingerprint density at radius 2 is 1.43 bits per heavy atom. The molecule has 0 aromatic heterocycles. The number of hydrogen-bond acceptors (Lipinski definition) is 7. The van der Waals surface area contributed by atoms with Gasteiger partial charge in [0.05, 0.1) is 15.5 Å². The molecule has 0 radical (unpaired) electrons. The van der Waals surface area contributed by atoms with E-state index in [2.05, 4.69) is 0 Å². The zero-order valence-corrected chi connectivity index (χ0v) is 16.9. The third-order valence-electron chi connectivity index (χ3n) is 2.53. The summed E-state index contributed by atoms with van der Waals surface area (Å²) in [6.07, 6.45) is 0. The van der Waals surface area contributed by atoms with Crippen LogP contribution < -0.4 is 64.8 Å². The maximum Gasteiger partial charge on any atom is 1.00 e. The zero-order valence-electron chi connectivity index (χ0n) is 11.2. The van der Waals surface area contributed by atoms with Gasteiger partial charge in [-0.1, -0.05) is 24.3 Å². The number of fused-ring (bicyclic) bond motifs is 1. The first-order chi connectivity index (χ1) is 8.62. The van der Waals surface area contributed by atoms with Crippen molar-refractivity contribution in [3.63, 3.8) is 0 Å². The van der Waals surface area contributed by atoms with Crippen LogP contribution in [0.15, 0.2) is 40.1 Å². The largest absolute Gasteiger partial charge is 1.00 e. The van der Waals surface area contributed by atoms with Crippen LogP contribution in [0.3, 0.4) is 0 Å². The Balaban J connectivity index is 0.00000200. The molecule has 0 aliphatic rings. The molecule has 0 heterocycles. The summed E-state index contributed by atoms with van der Waals surface area (Å²) in [5, 5.41) is 0.436. The van der Waals surface area contributed by atoms with Crippen LogP contribution in [0.25, 0.3) is 10.8 Å². The first-order valence-corrected chi connectivity index (χ1v) is 7.67. The van der Waals surface area contributed by atoms with E-state index in [9.17, 15) is 25.9 Å². The summed E-state index contributed by atoms with van der Waals surface area (Å²) in [4.78, 5) is -2.32. The summed E-state index contributed by atoms with van der Waals surface area (Å²) in [7, 11) is -10.3. The Labute approximate surface area is 166 Å². The maximum absolute atomic E-state index is 11.1. The van der Waals surface area contributed by atoms with Gasteiger partial charge in [0.1, 0.15) is 20.2 Å². The Kier molecular flexibility index (Phi) is 7.37. The van der Waals surface area contributed by atoms with Gasteiger partial charge in [-0.3, -0.25) is 0 Å². The van der Waals surface area contributed by atoms with E-state index < -0.39 is 35.7 Å². The molecule has 0 amide bonds. The molecule has 0 aliphatic heterocycles. The molecule has 2 aromatic rings. The van der Waals surface area contributed by atoms with E-state index >= 15 is 0 Å².